The summed E-state index contributed by atoms with van der Waals surface area (Å²) in [5.74, 6) is 0. The number of ether oxygens (including phenoxy) is 1. The minimum absolute atomic E-state index is 0.0584. The molecule has 0 saturated carbocycles. The second-order valence-electron chi connectivity index (χ2n) is 3.99. The third kappa shape index (κ3) is 6.02. The molecule has 0 amide bonds. The van der Waals surface area contributed by atoms with Gasteiger partial charge in [0.25, 0.3) is 0 Å². The van der Waals surface area contributed by atoms with Crippen LogP contribution in [0.3, 0.4) is 0 Å². The van der Waals surface area contributed by atoms with Crippen molar-refractivity contribution in [1.82, 2.24) is 5.32 Å². The molecule has 0 heterocycles. The van der Waals surface area contributed by atoms with Gasteiger partial charge in [-0.25, -0.2) is 0 Å². The number of benzene rings is 1. The second kappa shape index (κ2) is 7.38. The number of rotatable bonds is 7. The van der Waals surface area contributed by atoms with E-state index >= 15 is 0 Å². The Morgan fingerprint density at radius 3 is 2.44 bits per heavy atom. The molecule has 1 aromatic rings. The van der Waals surface area contributed by atoms with Crippen LogP contribution in [0.5, 0.6) is 0 Å². The Labute approximate surface area is 105 Å². The van der Waals surface area contributed by atoms with Crippen molar-refractivity contribution in [2.75, 3.05) is 19.8 Å². The van der Waals surface area contributed by atoms with Gasteiger partial charge in [0.2, 0.25) is 0 Å². The van der Waals surface area contributed by atoms with Crippen LogP contribution in [0.1, 0.15) is 24.9 Å². The highest BCUT2D eigenvalue weighted by Gasteiger charge is 2.27. The molecule has 0 fully saturated rings. The summed E-state index contributed by atoms with van der Waals surface area (Å²) in [6, 6.07) is 9.97. The number of hydrogen-bond acceptors (Lipinski definition) is 2. The van der Waals surface area contributed by atoms with Crippen LogP contribution in [0.25, 0.3) is 0 Å². The maximum Gasteiger partial charge on any atom is 0.411 e. The van der Waals surface area contributed by atoms with Crippen LogP contribution in [-0.2, 0) is 4.74 Å². The monoisotopic (exact) mass is 261 g/mol. The Hall–Kier alpha value is -1.07. The topological polar surface area (TPSA) is 21.3 Å². The smallest absolute Gasteiger partial charge is 0.371 e. The van der Waals surface area contributed by atoms with Gasteiger partial charge in [-0.3, -0.25) is 0 Å². The molecular weight excluding hydrogens is 243 g/mol. The van der Waals surface area contributed by atoms with E-state index in [-0.39, 0.29) is 12.6 Å². The first-order chi connectivity index (χ1) is 8.53. The third-order valence-electron chi connectivity index (χ3n) is 2.51. The highest BCUT2D eigenvalue weighted by Crippen LogP contribution is 2.16. The summed E-state index contributed by atoms with van der Waals surface area (Å²) >= 11 is 0. The van der Waals surface area contributed by atoms with E-state index in [9.17, 15) is 13.2 Å². The van der Waals surface area contributed by atoms with Gasteiger partial charge < -0.3 is 10.1 Å². The zero-order chi connectivity index (χ0) is 13.4. The van der Waals surface area contributed by atoms with Crippen LogP contribution in [-0.4, -0.2) is 25.9 Å². The van der Waals surface area contributed by atoms with Crippen LogP contribution in [0.2, 0.25) is 0 Å². The molecular formula is C13H18F3NO. The van der Waals surface area contributed by atoms with Gasteiger partial charge in [-0.15, -0.1) is 0 Å². The fourth-order valence-corrected chi connectivity index (χ4v) is 1.68. The molecule has 2 nitrogen and oxygen atoms in total. The minimum Gasteiger partial charge on any atom is -0.371 e. The maximum absolute atomic E-state index is 11.8. The first-order valence-electron chi connectivity index (χ1n) is 5.95. The van der Waals surface area contributed by atoms with Crippen LogP contribution < -0.4 is 5.32 Å². The van der Waals surface area contributed by atoms with Crippen molar-refractivity contribution < 1.29 is 17.9 Å². The van der Waals surface area contributed by atoms with E-state index in [0.29, 0.717) is 6.54 Å². The van der Waals surface area contributed by atoms with E-state index in [1.54, 1.807) is 0 Å². The van der Waals surface area contributed by atoms with E-state index in [1.165, 1.54) is 0 Å². The number of hydrogen-bond donors (Lipinski definition) is 1. The van der Waals surface area contributed by atoms with E-state index in [0.717, 1.165) is 12.0 Å². The molecule has 0 saturated heterocycles. The molecule has 0 aliphatic carbocycles. The van der Waals surface area contributed by atoms with E-state index < -0.39 is 12.8 Å². The predicted molar refractivity (Wildman–Crippen MR) is 64.4 cm³/mol. The molecule has 0 aliphatic rings. The third-order valence-corrected chi connectivity index (χ3v) is 2.51. The highest BCUT2D eigenvalue weighted by atomic mass is 19.4. The van der Waals surface area contributed by atoms with Crippen LogP contribution in [0.4, 0.5) is 13.2 Å². The van der Waals surface area contributed by atoms with Gasteiger partial charge in [-0.05, 0) is 12.0 Å². The van der Waals surface area contributed by atoms with Crippen LogP contribution >= 0.6 is 0 Å². The Balaban J connectivity index is 2.25. The van der Waals surface area contributed by atoms with Crippen molar-refractivity contribution in [1.29, 1.82) is 0 Å². The molecule has 0 aliphatic heterocycles. The van der Waals surface area contributed by atoms with Crippen molar-refractivity contribution in [2.45, 2.75) is 25.6 Å². The maximum atomic E-state index is 11.8. The van der Waals surface area contributed by atoms with Gasteiger partial charge in [-0.1, -0.05) is 37.3 Å². The fourth-order valence-electron chi connectivity index (χ4n) is 1.68. The molecule has 0 aromatic heterocycles. The lowest BCUT2D eigenvalue weighted by molar-refractivity contribution is -0.173. The molecule has 0 radical (unpaired) electrons. The SMILES string of the molecule is CCC(NCCOCC(F)(F)F)c1ccccc1. The van der Waals surface area contributed by atoms with Gasteiger partial charge in [0.15, 0.2) is 0 Å². The molecule has 18 heavy (non-hydrogen) atoms. The summed E-state index contributed by atoms with van der Waals surface area (Å²) in [7, 11) is 0. The quantitative estimate of drug-likeness (QED) is 0.760. The molecule has 1 rings (SSSR count). The van der Waals surface area contributed by atoms with Crippen LogP contribution in [0, 0.1) is 0 Å². The van der Waals surface area contributed by atoms with Gasteiger partial charge in [0.1, 0.15) is 6.61 Å². The molecule has 1 aromatic carbocycles. The Morgan fingerprint density at radius 2 is 1.89 bits per heavy atom. The largest absolute Gasteiger partial charge is 0.411 e. The molecule has 5 heteroatoms. The van der Waals surface area contributed by atoms with E-state index in [2.05, 4.69) is 10.1 Å². The van der Waals surface area contributed by atoms with E-state index in [1.807, 2.05) is 37.3 Å². The Bertz CT molecular complexity index is 327. The molecule has 1 atom stereocenters. The summed E-state index contributed by atoms with van der Waals surface area (Å²) in [5.41, 5.74) is 1.14. The summed E-state index contributed by atoms with van der Waals surface area (Å²) < 4.78 is 40.0. The van der Waals surface area contributed by atoms with Gasteiger partial charge in [0.05, 0.1) is 6.61 Å². The average Bonchev–Trinajstić information content (AvgIpc) is 2.33. The zero-order valence-corrected chi connectivity index (χ0v) is 10.3. The van der Waals surface area contributed by atoms with E-state index in [4.69, 9.17) is 0 Å². The minimum atomic E-state index is -4.25. The molecule has 0 bridgehead atoms. The molecule has 102 valence electrons. The normalized spacial score (nSPS) is 13.6. The lowest BCUT2D eigenvalue weighted by Gasteiger charge is -2.17. The zero-order valence-electron chi connectivity index (χ0n) is 10.3. The summed E-state index contributed by atoms with van der Waals surface area (Å²) in [5, 5.41) is 3.18. The lowest BCUT2D eigenvalue weighted by atomic mass is 10.1. The van der Waals surface area contributed by atoms with Crippen molar-refractivity contribution in [3.63, 3.8) is 0 Å². The van der Waals surface area contributed by atoms with Gasteiger partial charge >= 0.3 is 6.18 Å². The van der Waals surface area contributed by atoms with Crippen molar-refractivity contribution in [3.05, 3.63) is 35.9 Å². The van der Waals surface area contributed by atoms with Crippen LogP contribution in [0.15, 0.2) is 30.3 Å². The van der Waals surface area contributed by atoms with Crippen molar-refractivity contribution >= 4 is 0 Å². The number of alkyl halides is 3. The Morgan fingerprint density at radius 1 is 1.22 bits per heavy atom. The van der Waals surface area contributed by atoms with Crippen molar-refractivity contribution in [2.24, 2.45) is 0 Å². The second-order valence-corrected chi connectivity index (χ2v) is 3.99. The molecule has 0 spiro atoms. The highest BCUT2D eigenvalue weighted by molar-refractivity contribution is 5.18. The summed E-state index contributed by atoms with van der Waals surface area (Å²) in [6.45, 7) is 1.31. The van der Waals surface area contributed by atoms with Gasteiger partial charge in [0, 0.05) is 12.6 Å². The Kier molecular flexibility index (Phi) is 6.15. The first kappa shape index (κ1) is 15.0. The lowest BCUT2D eigenvalue weighted by Crippen LogP contribution is -2.27. The standard InChI is InChI=1S/C13H18F3NO/c1-2-12(11-6-4-3-5-7-11)17-8-9-18-10-13(14,15)16/h3-7,12,17H,2,8-10H2,1H3. The number of nitrogens with one attached hydrogen (secondary N) is 1. The average molecular weight is 261 g/mol. The molecule has 1 N–H and O–H groups in total. The number of halogens is 3. The van der Waals surface area contributed by atoms with Crippen molar-refractivity contribution in [3.8, 4) is 0 Å². The predicted octanol–water partition coefficient (Wildman–Crippen LogP) is 3.31. The summed E-state index contributed by atoms with van der Waals surface area (Å²) in [4.78, 5) is 0. The first-order valence-corrected chi connectivity index (χ1v) is 5.95. The molecule has 1 unspecified atom stereocenters. The summed E-state index contributed by atoms with van der Waals surface area (Å²) in [6.07, 6.45) is -3.37. The fraction of sp³-hybridized carbons (Fsp3) is 0.538. The van der Waals surface area contributed by atoms with Gasteiger partial charge in [-0.2, -0.15) is 13.2 Å².